The first-order valence-corrected chi connectivity index (χ1v) is 9.68. The highest BCUT2D eigenvalue weighted by molar-refractivity contribution is 7.18. The van der Waals surface area contributed by atoms with E-state index in [1.165, 1.54) is 0 Å². The van der Waals surface area contributed by atoms with E-state index in [0.717, 1.165) is 27.4 Å². The van der Waals surface area contributed by atoms with Gasteiger partial charge < -0.3 is 24.8 Å². The zero-order valence-corrected chi connectivity index (χ0v) is 17.7. The third-order valence-corrected chi connectivity index (χ3v) is 5.46. The number of aryl methyl sites for hydroxylation is 1. The van der Waals surface area contributed by atoms with Crippen molar-refractivity contribution in [1.29, 1.82) is 5.26 Å². The summed E-state index contributed by atoms with van der Waals surface area (Å²) in [6, 6.07) is 6.02. The van der Waals surface area contributed by atoms with Gasteiger partial charge in [0.25, 0.3) is 0 Å². The maximum atomic E-state index is 12.3. The van der Waals surface area contributed by atoms with Gasteiger partial charge in [0.15, 0.2) is 11.5 Å². The average Bonchev–Trinajstić information content (AvgIpc) is 2.98. The third-order valence-electron chi connectivity index (χ3n) is 4.42. The number of anilines is 1. The number of carbonyl (C=O) groups excluding carboxylic acids is 1. The first kappa shape index (κ1) is 21.5. The average molecular weight is 405 g/mol. The van der Waals surface area contributed by atoms with Gasteiger partial charge in [-0.3, -0.25) is 0 Å². The van der Waals surface area contributed by atoms with E-state index in [-0.39, 0.29) is 6.61 Å². The van der Waals surface area contributed by atoms with Gasteiger partial charge in [-0.1, -0.05) is 0 Å². The zero-order chi connectivity index (χ0) is 20.8. The molecular weight excluding hydrogens is 378 g/mol. The molecule has 0 aliphatic rings. The number of methoxy groups -OCH3 is 2. The molecule has 7 nitrogen and oxygen atoms in total. The Kier molecular flexibility index (Phi) is 7.26. The molecule has 0 saturated carbocycles. The first-order valence-electron chi connectivity index (χ1n) is 8.87. The van der Waals surface area contributed by atoms with E-state index in [2.05, 4.69) is 6.07 Å². The molecule has 3 N–H and O–H groups in total. The molecule has 0 bridgehead atoms. The number of nitrogen functional groups attached to an aromatic ring is 1. The molecular formula is C20H26N3O4S+. The van der Waals surface area contributed by atoms with Crippen molar-refractivity contribution in [2.45, 2.75) is 26.9 Å². The number of thiophene rings is 1. The van der Waals surface area contributed by atoms with E-state index >= 15 is 0 Å². The Balaban J connectivity index is 2.30. The number of hydrogen-bond acceptors (Lipinski definition) is 7. The molecule has 0 fully saturated rings. The lowest BCUT2D eigenvalue weighted by molar-refractivity contribution is -0.907. The zero-order valence-electron chi connectivity index (χ0n) is 16.8. The van der Waals surface area contributed by atoms with Crippen LogP contribution in [-0.4, -0.2) is 33.8 Å². The lowest BCUT2D eigenvalue weighted by atomic mass is 10.1. The van der Waals surface area contributed by atoms with Crippen LogP contribution >= 0.6 is 11.3 Å². The number of nitrogens with one attached hydrogen (secondary N) is 1. The van der Waals surface area contributed by atoms with Crippen molar-refractivity contribution >= 4 is 22.3 Å². The fourth-order valence-corrected chi connectivity index (χ4v) is 3.97. The Hall–Kier alpha value is -2.76. The van der Waals surface area contributed by atoms with Crippen molar-refractivity contribution in [2.24, 2.45) is 0 Å². The van der Waals surface area contributed by atoms with E-state index in [9.17, 15) is 10.1 Å². The van der Waals surface area contributed by atoms with Gasteiger partial charge in [0.05, 0.1) is 39.0 Å². The number of hydrogen-bond donors (Lipinski definition) is 2. The molecule has 1 atom stereocenters. The van der Waals surface area contributed by atoms with Gasteiger partial charge in [0.2, 0.25) is 0 Å². The van der Waals surface area contributed by atoms with Gasteiger partial charge in [0, 0.05) is 5.56 Å². The number of ether oxygens (including phenoxy) is 3. The van der Waals surface area contributed by atoms with Crippen molar-refractivity contribution in [2.75, 3.05) is 33.6 Å². The Morgan fingerprint density at radius 1 is 1.25 bits per heavy atom. The monoisotopic (exact) mass is 404 g/mol. The molecule has 0 aliphatic heterocycles. The fourth-order valence-electron chi connectivity index (χ4n) is 3.04. The van der Waals surface area contributed by atoms with Crippen LogP contribution in [0, 0.1) is 18.3 Å². The standard InChI is InChI=1S/C20H25N3O4S/c1-6-27-20(24)18-15(14(9-21)19(22)28-18)11-23(3)10-13-8-17(26-5)16(25-4)7-12(13)2/h7-8H,6,10-11,22H2,1-5H3/p+1. The van der Waals surface area contributed by atoms with Crippen LogP contribution in [0.1, 0.15) is 38.8 Å². The van der Waals surface area contributed by atoms with Crippen molar-refractivity contribution in [3.63, 3.8) is 0 Å². The van der Waals surface area contributed by atoms with E-state index < -0.39 is 5.97 Å². The largest absolute Gasteiger partial charge is 0.493 e. The summed E-state index contributed by atoms with van der Waals surface area (Å²) in [6.45, 7) is 5.17. The molecule has 2 aromatic rings. The first-order chi connectivity index (χ1) is 13.4. The molecule has 2 rings (SSSR count). The second kappa shape index (κ2) is 9.44. The lowest BCUT2D eigenvalue weighted by Crippen LogP contribution is -3.06. The molecule has 1 heterocycles. The van der Waals surface area contributed by atoms with Crippen LogP contribution in [0.3, 0.4) is 0 Å². The molecule has 1 aromatic carbocycles. The smallest absolute Gasteiger partial charge is 0.348 e. The molecule has 0 radical (unpaired) electrons. The minimum absolute atomic E-state index is 0.269. The van der Waals surface area contributed by atoms with Crippen LogP contribution in [-0.2, 0) is 17.8 Å². The molecule has 8 heteroatoms. The summed E-state index contributed by atoms with van der Waals surface area (Å²) in [4.78, 5) is 13.8. The van der Waals surface area contributed by atoms with Crippen LogP contribution in [0.15, 0.2) is 12.1 Å². The number of nitrogens with zero attached hydrogens (tertiary/aromatic N) is 1. The van der Waals surface area contributed by atoms with Crippen LogP contribution in [0.4, 0.5) is 5.00 Å². The maximum absolute atomic E-state index is 12.3. The van der Waals surface area contributed by atoms with Gasteiger partial charge in [-0.05, 0) is 31.5 Å². The highest BCUT2D eigenvalue weighted by Crippen LogP contribution is 2.31. The summed E-state index contributed by atoms with van der Waals surface area (Å²) in [7, 11) is 5.21. The highest BCUT2D eigenvalue weighted by atomic mass is 32.1. The fraction of sp³-hybridized carbons (Fsp3) is 0.400. The lowest BCUT2D eigenvalue weighted by Gasteiger charge is -2.18. The van der Waals surface area contributed by atoms with E-state index in [1.54, 1.807) is 21.1 Å². The number of carbonyl (C=O) groups is 1. The Morgan fingerprint density at radius 3 is 2.46 bits per heavy atom. The number of rotatable bonds is 8. The normalized spacial score (nSPS) is 11.6. The summed E-state index contributed by atoms with van der Waals surface area (Å²) in [5.74, 6) is 0.912. The van der Waals surface area contributed by atoms with Crippen LogP contribution in [0.2, 0.25) is 0 Å². The molecule has 0 amide bonds. The highest BCUT2D eigenvalue weighted by Gasteiger charge is 2.25. The second-order valence-electron chi connectivity index (χ2n) is 6.43. The van der Waals surface area contributed by atoms with Crippen molar-refractivity contribution in [1.82, 2.24) is 0 Å². The molecule has 0 spiro atoms. The number of quaternary nitrogens is 1. The molecule has 1 aromatic heterocycles. The topological polar surface area (TPSA) is 99.0 Å². The summed E-state index contributed by atoms with van der Waals surface area (Å²) >= 11 is 1.11. The summed E-state index contributed by atoms with van der Waals surface area (Å²) < 4.78 is 15.9. The van der Waals surface area contributed by atoms with Gasteiger partial charge in [-0.25, -0.2) is 4.79 Å². The van der Waals surface area contributed by atoms with Gasteiger partial charge in [0.1, 0.15) is 29.0 Å². The van der Waals surface area contributed by atoms with Crippen molar-refractivity contribution < 1.29 is 23.9 Å². The molecule has 0 aliphatic carbocycles. The number of nitrogens with two attached hydrogens (primary N) is 1. The van der Waals surface area contributed by atoms with Crippen molar-refractivity contribution in [3.8, 4) is 17.6 Å². The molecule has 28 heavy (non-hydrogen) atoms. The Bertz CT molecular complexity index is 902. The third kappa shape index (κ3) is 4.55. The maximum Gasteiger partial charge on any atom is 0.348 e. The quantitative estimate of drug-likeness (QED) is 0.652. The van der Waals surface area contributed by atoms with Gasteiger partial charge in [-0.2, -0.15) is 5.26 Å². The van der Waals surface area contributed by atoms with Gasteiger partial charge in [-0.15, -0.1) is 11.3 Å². The van der Waals surface area contributed by atoms with Crippen LogP contribution < -0.4 is 20.1 Å². The molecule has 150 valence electrons. The molecule has 0 saturated heterocycles. The van der Waals surface area contributed by atoms with Gasteiger partial charge >= 0.3 is 5.97 Å². The predicted molar refractivity (Wildman–Crippen MR) is 108 cm³/mol. The SMILES string of the molecule is CCOC(=O)c1sc(N)c(C#N)c1C[NH+](C)Cc1cc(OC)c(OC)cc1C. The van der Waals surface area contributed by atoms with E-state index in [1.807, 2.05) is 26.1 Å². The number of benzene rings is 1. The van der Waals surface area contributed by atoms with Crippen molar-refractivity contribution in [3.05, 3.63) is 39.3 Å². The van der Waals surface area contributed by atoms with E-state index in [4.69, 9.17) is 19.9 Å². The summed E-state index contributed by atoms with van der Waals surface area (Å²) in [6.07, 6.45) is 0. The molecule has 1 unspecified atom stereocenters. The van der Waals surface area contributed by atoms with E-state index in [0.29, 0.717) is 45.6 Å². The Morgan fingerprint density at radius 2 is 1.89 bits per heavy atom. The minimum atomic E-state index is -0.439. The summed E-state index contributed by atoms with van der Waals surface area (Å²) in [5, 5.41) is 9.83. The predicted octanol–water partition coefficient (Wildman–Crippen LogP) is 1.92. The second-order valence-corrected chi connectivity index (χ2v) is 7.48. The summed E-state index contributed by atoms with van der Waals surface area (Å²) in [5.41, 5.74) is 9.12. The number of nitriles is 1. The van der Waals surface area contributed by atoms with Crippen LogP contribution in [0.5, 0.6) is 11.5 Å². The van der Waals surface area contributed by atoms with Crippen LogP contribution in [0.25, 0.3) is 0 Å². The Labute approximate surface area is 169 Å². The minimum Gasteiger partial charge on any atom is -0.493 e. The number of esters is 1.